The van der Waals surface area contributed by atoms with E-state index in [4.69, 9.17) is 5.26 Å². The molecule has 2 aromatic carbocycles. The van der Waals surface area contributed by atoms with E-state index in [2.05, 4.69) is 28.2 Å². The van der Waals surface area contributed by atoms with Gasteiger partial charge >= 0.3 is 6.07 Å². The van der Waals surface area contributed by atoms with Gasteiger partial charge in [-0.05, 0) is 41.8 Å². The summed E-state index contributed by atoms with van der Waals surface area (Å²) in [6.07, 6.45) is 13.9. The molecule has 0 spiro atoms. The van der Waals surface area contributed by atoms with E-state index < -0.39 is 4.92 Å². The Bertz CT molecular complexity index is 1350. The van der Waals surface area contributed by atoms with Crippen LogP contribution in [0.2, 0.25) is 0 Å². The molecule has 4 rings (SSSR count). The lowest BCUT2D eigenvalue weighted by molar-refractivity contribution is -0.384. The van der Waals surface area contributed by atoms with Crippen LogP contribution in [0.25, 0.3) is 17.0 Å². The van der Waals surface area contributed by atoms with Crippen LogP contribution in [0.4, 0.5) is 5.69 Å². The number of rotatable bonds is 6. The molecule has 0 amide bonds. The summed E-state index contributed by atoms with van der Waals surface area (Å²) < 4.78 is 0. The molecule has 0 saturated heterocycles. The van der Waals surface area contributed by atoms with Crippen molar-refractivity contribution < 1.29 is 10.2 Å². The molecule has 6 nitrogen and oxygen atoms in total. The van der Waals surface area contributed by atoms with Gasteiger partial charge in [-0.2, -0.15) is 0 Å². The van der Waals surface area contributed by atoms with Crippen molar-refractivity contribution in [3.63, 3.8) is 0 Å². The van der Waals surface area contributed by atoms with Crippen molar-refractivity contribution in [2.75, 3.05) is 6.54 Å². The van der Waals surface area contributed by atoms with Crippen molar-refractivity contribution in [3.05, 3.63) is 117 Å². The van der Waals surface area contributed by atoms with Crippen LogP contribution in [0.5, 0.6) is 0 Å². The maximum absolute atomic E-state index is 10.7. The number of allylic oxidation sites excluding steroid dienone is 7. The summed E-state index contributed by atoms with van der Waals surface area (Å²) in [5, 5.41) is 19.6. The van der Waals surface area contributed by atoms with Crippen molar-refractivity contribution >= 4 is 28.4 Å². The van der Waals surface area contributed by atoms with Gasteiger partial charge in [0, 0.05) is 29.6 Å². The largest absolute Gasteiger partial charge is 0.353 e. The maximum Gasteiger partial charge on any atom is 0.310 e. The lowest BCUT2D eigenvalue weighted by Crippen LogP contribution is -2.22. The van der Waals surface area contributed by atoms with Gasteiger partial charge in [-0.3, -0.25) is 15.1 Å². The fourth-order valence-corrected chi connectivity index (χ4v) is 3.64. The first kappa shape index (κ1) is 20.8. The van der Waals surface area contributed by atoms with Gasteiger partial charge in [0.25, 0.3) is 5.69 Å². The summed E-state index contributed by atoms with van der Waals surface area (Å²) in [5.74, 6) is 0. The molecular weight excluding hydrogens is 400 g/mol. The molecule has 2 heterocycles. The van der Waals surface area contributed by atoms with Crippen LogP contribution in [0, 0.1) is 16.2 Å². The van der Waals surface area contributed by atoms with Crippen LogP contribution in [-0.4, -0.2) is 22.2 Å². The van der Waals surface area contributed by atoms with Gasteiger partial charge in [0.2, 0.25) is 0 Å². The molecule has 6 heteroatoms. The minimum atomic E-state index is -0.413. The fourth-order valence-electron chi connectivity index (χ4n) is 3.64. The topological polar surface area (TPSA) is 95.1 Å². The van der Waals surface area contributed by atoms with E-state index in [1.54, 1.807) is 12.1 Å². The molecule has 0 saturated carbocycles. The van der Waals surface area contributed by atoms with E-state index in [1.807, 2.05) is 54.7 Å². The first-order valence-electron chi connectivity index (χ1n) is 10.2. The van der Waals surface area contributed by atoms with Crippen molar-refractivity contribution in [3.8, 4) is 6.07 Å². The smallest absolute Gasteiger partial charge is 0.310 e. The third-order valence-corrected chi connectivity index (χ3v) is 5.17. The van der Waals surface area contributed by atoms with Crippen molar-refractivity contribution in [2.24, 2.45) is 4.99 Å². The van der Waals surface area contributed by atoms with Crippen molar-refractivity contribution in [1.29, 1.82) is 0 Å². The molecule has 1 aliphatic rings. The number of aromatic nitrogens is 1. The molecular formula is C26H21N4O2+. The van der Waals surface area contributed by atoms with E-state index in [0.29, 0.717) is 12.1 Å². The summed E-state index contributed by atoms with van der Waals surface area (Å²) >= 11 is 0. The van der Waals surface area contributed by atoms with Crippen LogP contribution < -0.4 is 5.26 Å². The Labute approximate surface area is 185 Å². The number of fused-ring (bicyclic) bond motifs is 3. The molecule has 3 aromatic rings. The summed E-state index contributed by atoms with van der Waals surface area (Å²) in [7, 11) is 0. The summed E-state index contributed by atoms with van der Waals surface area (Å²) in [6, 6.07) is 17.1. The van der Waals surface area contributed by atoms with Crippen LogP contribution >= 0.6 is 0 Å². The number of nitrogens with one attached hydrogen (secondary N) is 2. The van der Waals surface area contributed by atoms with Crippen LogP contribution in [0.1, 0.15) is 16.8 Å². The first-order chi connectivity index (χ1) is 15.7. The number of nitrogens with zero attached hydrogens (tertiary/aromatic N) is 2. The molecule has 0 aliphatic carbocycles. The standard InChI is InChI=1S/C26H20N4O2/c27-18-20(25-26-23(16-17-28-25)22-10-6-7-11-24(22)29-26)9-5-3-1-2-4-8-19-12-14-21(15-13-19)30(31)32/h1-15,29H,16-17H2/p+1/b2-1+,5-3+,8-4+,20-9+. The molecule has 32 heavy (non-hydrogen) atoms. The second-order valence-electron chi connectivity index (χ2n) is 7.19. The lowest BCUT2D eigenvalue weighted by atomic mass is 9.98. The number of nitro benzene ring substituents is 1. The highest BCUT2D eigenvalue weighted by atomic mass is 16.6. The number of non-ortho nitro benzene ring substituents is 1. The summed E-state index contributed by atoms with van der Waals surface area (Å²) in [5.41, 5.74) is 5.65. The van der Waals surface area contributed by atoms with E-state index in [0.717, 1.165) is 28.9 Å². The van der Waals surface area contributed by atoms with Crippen LogP contribution in [0.3, 0.4) is 0 Å². The predicted octanol–water partition coefficient (Wildman–Crippen LogP) is 3.95. The monoisotopic (exact) mass is 421 g/mol. The van der Waals surface area contributed by atoms with Crippen molar-refractivity contribution in [1.82, 2.24) is 4.98 Å². The lowest BCUT2D eigenvalue weighted by Gasteiger charge is -2.11. The predicted molar refractivity (Wildman–Crippen MR) is 127 cm³/mol. The molecule has 0 bridgehead atoms. The van der Waals surface area contributed by atoms with Gasteiger partial charge < -0.3 is 4.98 Å². The SMILES string of the molecule is [NH+]#C\C(=C/C=C/C=C/C=C/c1ccc([N+](=O)[O-])cc1)C1=NCCc2c1[nH]c1ccccc21. The minimum absolute atomic E-state index is 0.0772. The van der Waals surface area contributed by atoms with Crippen molar-refractivity contribution in [2.45, 2.75) is 6.42 Å². The molecule has 1 aliphatic heterocycles. The number of aromatic amines is 1. The molecule has 0 fully saturated rings. The van der Waals surface area contributed by atoms with Gasteiger partial charge in [0.15, 0.2) is 0 Å². The maximum atomic E-state index is 10.7. The first-order valence-corrected chi connectivity index (χ1v) is 10.2. The molecule has 1 aromatic heterocycles. The number of para-hydroxylation sites is 1. The number of hydrogen-bond acceptors (Lipinski definition) is 3. The van der Waals surface area contributed by atoms with Gasteiger partial charge in [-0.1, -0.05) is 59.9 Å². The Balaban J connectivity index is 1.44. The zero-order valence-electron chi connectivity index (χ0n) is 17.3. The van der Waals surface area contributed by atoms with Gasteiger partial charge in [-0.25, -0.2) is 0 Å². The zero-order valence-corrected chi connectivity index (χ0v) is 17.3. The average molecular weight is 421 g/mol. The summed E-state index contributed by atoms with van der Waals surface area (Å²) in [4.78, 5) is 18.4. The minimum Gasteiger partial charge on any atom is -0.353 e. The number of aliphatic imine (C=N–C) groups is 1. The third-order valence-electron chi connectivity index (χ3n) is 5.17. The Morgan fingerprint density at radius 3 is 2.59 bits per heavy atom. The molecule has 0 radical (unpaired) electrons. The number of nitro groups is 1. The van der Waals surface area contributed by atoms with E-state index in [-0.39, 0.29) is 5.69 Å². The van der Waals surface area contributed by atoms with Gasteiger partial charge in [-0.15, -0.1) is 0 Å². The highest BCUT2D eigenvalue weighted by Crippen LogP contribution is 2.27. The summed E-state index contributed by atoms with van der Waals surface area (Å²) in [6.45, 7) is 0.695. The number of benzene rings is 2. The Hall–Kier alpha value is -4.50. The highest BCUT2D eigenvalue weighted by Gasteiger charge is 2.22. The fraction of sp³-hybridized carbons (Fsp3) is 0.0769. The second-order valence-corrected chi connectivity index (χ2v) is 7.19. The average Bonchev–Trinajstić information content (AvgIpc) is 3.20. The molecule has 0 unspecified atom stereocenters. The Kier molecular flexibility index (Phi) is 6.19. The molecule has 156 valence electrons. The van der Waals surface area contributed by atoms with Crippen LogP contribution in [0.15, 0.2) is 95.6 Å². The Morgan fingerprint density at radius 2 is 1.81 bits per heavy atom. The molecule has 0 atom stereocenters. The van der Waals surface area contributed by atoms with E-state index in [9.17, 15) is 10.1 Å². The van der Waals surface area contributed by atoms with Gasteiger partial charge in [0.1, 0.15) is 11.3 Å². The second kappa shape index (κ2) is 9.54. The molecule has 2 N–H and O–H groups in total. The van der Waals surface area contributed by atoms with E-state index >= 15 is 0 Å². The zero-order chi connectivity index (χ0) is 22.3. The Morgan fingerprint density at radius 1 is 1.06 bits per heavy atom. The van der Waals surface area contributed by atoms with Crippen LogP contribution in [-0.2, 0) is 6.42 Å². The van der Waals surface area contributed by atoms with E-state index in [1.165, 1.54) is 23.1 Å². The van der Waals surface area contributed by atoms with Gasteiger partial charge in [0.05, 0.1) is 10.6 Å². The highest BCUT2D eigenvalue weighted by molar-refractivity contribution is 6.17. The third kappa shape index (κ3) is 4.47. The normalized spacial score (nSPS) is 14.2. The number of H-pyrrole nitrogens is 1. The quantitative estimate of drug-likeness (QED) is 0.273. The number of hydrogen-bond donors (Lipinski definition) is 2.